The average molecular weight is 409 g/mol. The molecule has 0 spiro atoms. The summed E-state index contributed by atoms with van der Waals surface area (Å²) in [5, 5.41) is 2.48. The van der Waals surface area contributed by atoms with Crippen molar-refractivity contribution in [3.05, 3.63) is 53.6 Å². The van der Waals surface area contributed by atoms with Gasteiger partial charge in [0.05, 0.1) is 10.9 Å². The Morgan fingerprint density at radius 1 is 1.14 bits per heavy atom. The predicted molar refractivity (Wildman–Crippen MR) is 115 cm³/mol. The Bertz CT molecular complexity index is 967. The van der Waals surface area contributed by atoms with Crippen LogP contribution in [-0.2, 0) is 20.8 Å². The van der Waals surface area contributed by atoms with Crippen molar-refractivity contribution in [2.24, 2.45) is 5.92 Å². The van der Waals surface area contributed by atoms with Gasteiger partial charge < -0.3 is 5.32 Å². The molecule has 6 heteroatoms. The third-order valence-corrected chi connectivity index (χ3v) is 6.58. The van der Waals surface area contributed by atoms with Gasteiger partial charge >= 0.3 is 0 Å². The number of carbonyl (C=O) groups excluding carboxylic acids is 3. The first-order valence-electron chi connectivity index (χ1n) is 10.0. The monoisotopic (exact) mass is 408 g/mol. The third kappa shape index (κ3) is 4.08. The van der Waals surface area contributed by atoms with Crippen molar-refractivity contribution in [2.75, 3.05) is 10.2 Å². The SMILES string of the molecule is CCc1cccc(C)c1N1C(=O)C[C@H](Sc2ccc(NC(=O)C3CC3)cc2)C1=O. The molecule has 0 aromatic heterocycles. The van der Waals surface area contributed by atoms with E-state index in [2.05, 4.69) is 5.32 Å². The van der Waals surface area contributed by atoms with E-state index in [9.17, 15) is 14.4 Å². The second-order valence-corrected chi connectivity index (χ2v) is 8.88. The summed E-state index contributed by atoms with van der Waals surface area (Å²) in [5.41, 5.74) is 3.45. The molecule has 0 bridgehead atoms. The predicted octanol–water partition coefficient (Wildman–Crippen LogP) is 4.33. The lowest BCUT2D eigenvalue weighted by molar-refractivity contribution is -0.121. The highest BCUT2D eigenvalue weighted by atomic mass is 32.2. The van der Waals surface area contributed by atoms with Gasteiger partial charge in [-0.3, -0.25) is 14.4 Å². The highest BCUT2D eigenvalue weighted by Gasteiger charge is 2.41. The molecule has 29 heavy (non-hydrogen) atoms. The van der Waals surface area contributed by atoms with E-state index in [1.54, 1.807) is 0 Å². The second kappa shape index (κ2) is 8.03. The summed E-state index contributed by atoms with van der Waals surface area (Å²) in [6.45, 7) is 3.96. The van der Waals surface area contributed by atoms with Crippen LogP contribution in [0.15, 0.2) is 47.4 Å². The summed E-state index contributed by atoms with van der Waals surface area (Å²) in [4.78, 5) is 39.9. The molecule has 2 aliphatic rings. The van der Waals surface area contributed by atoms with Gasteiger partial charge in [0.15, 0.2) is 0 Å². The first-order valence-corrected chi connectivity index (χ1v) is 10.9. The van der Waals surface area contributed by atoms with E-state index < -0.39 is 5.25 Å². The molecule has 150 valence electrons. The summed E-state index contributed by atoms with van der Waals surface area (Å²) in [7, 11) is 0. The molecule has 1 atom stereocenters. The number of amides is 3. The number of nitrogens with one attached hydrogen (secondary N) is 1. The number of hydrogen-bond donors (Lipinski definition) is 1. The highest BCUT2D eigenvalue weighted by molar-refractivity contribution is 8.00. The van der Waals surface area contributed by atoms with Gasteiger partial charge in [0.2, 0.25) is 17.7 Å². The third-order valence-electron chi connectivity index (χ3n) is 5.38. The molecule has 4 rings (SSSR count). The first kappa shape index (κ1) is 19.7. The lowest BCUT2D eigenvalue weighted by Gasteiger charge is -2.20. The molecule has 1 saturated heterocycles. The molecule has 2 aromatic rings. The normalized spacial score (nSPS) is 19.0. The largest absolute Gasteiger partial charge is 0.326 e. The lowest BCUT2D eigenvalue weighted by atomic mass is 10.0. The van der Waals surface area contributed by atoms with Crippen LogP contribution in [0.2, 0.25) is 0 Å². The van der Waals surface area contributed by atoms with E-state index in [0.29, 0.717) is 0 Å². The first-order chi connectivity index (χ1) is 14.0. The minimum Gasteiger partial charge on any atom is -0.326 e. The average Bonchev–Trinajstić information content (AvgIpc) is 3.52. The number of rotatable bonds is 6. The molecule has 1 aliphatic heterocycles. The van der Waals surface area contributed by atoms with Gasteiger partial charge in [-0.15, -0.1) is 11.8 Å². The summed E-state index contributed by atoms with van der Waals surface area (Å²) in [6.07, 6.45) is 2.89. The molecule has 2 fully saturated rings. The van der Waals surface area contributed by atoms with Crippen molar-refractivity contribution >= 4 is 40.9 Å². The summed E-state index contributed by atoms with van der Waals surface area (Å²) in [6, 6.07) is 13.3. The summed E-state index contributed by atoms with van der Waals surface area (Å²) in [5.74, 6) is -0.0749. The molecule has 3 amide bonds. The molecule has 2 aromatic carbocycles. The van der Waals surface area contributed by atoms with E-state index in [4.69, 9.17) is 0 Å². The van der Waals surface area contributed by atoms with E-state index in [1.165, 1.54) is 16.7 Å². The van der Waals surface area contributed by atoms with Crippen LogP contribution in [0.4, 0.5) is 11.4 Å². The topological polar surface area (TPSA) is 66.5 Å². The fourth-order valence-electron chi connectivity index (χ4n) is 3.63. The smallest absolute Gasteiger partial charge is 0.247 e. The Kier molecular flexibility index (Phi) is 5.46. The van der Waals surface area contributed by atoms with E-state index in [1.807, 2.05) is 56.3 Å². The van der Waals surface area contributed by atoms with E-state index in [0.717, 1.165) is 46.7 Å². The Morgan fingerprint density at radius 2 is 1.86 bits per heavy atom. The van der Waals surface area contributed by atoms with Gasteiger partial charge in [-0.1, -0.05) is 25.1 Å². The van der Waals surface area contributed by atoms with Crippen molar-refractivity contribution < 1.29 is 14.4 Å². The van der Waals surface area contributed by atoms with Crippen molar-refractivity contribution in [1.82, 2.24) is 0 Å². The number of imide groups is 1. The second-order valence-electron chi connectivity index (χ2n) is 7.60. The molecule has 5 nitrogen and oxygen atoms in total. The highest BCUT2D eigenvalue weighted by Crippen LogP contribution is 2.37. The molecule has 1 heterocycles. The fraction of sp³-hybridized carbons (Fsp3) is 0.348. The standard InChI is InChI=1S/C23H24N2O3S/c1-3-15-6-4-5-14(2)21(15)25-20(26)13-19(23(25)28)29-18-11-9-17(10-12-18)24-22(27)16-7-8-16/h4-6,9-12,16,19H,3,7-8,13H2,1-2H3,(H,24,27)/t19-/m0/s1. The van der Waals surface area contributed by atoms with Crippen molar-refractivity contribution in [2.45, 2.75) is 49.7 Å². The maximum Gasteiger partial charge on any atom is 0.247 e. The van der Waals surface area contributed by atoms with Crippen molar-refractivity contribution in [1.29, 1.82) is 0 Å². The van der Waals surface area contributed by atoms with Crippen LogP contribution < -0.4 is 10.2 Å². The van der Waals surface area contributed by atoms with Crippen LogP contribution in [-0.4, -0.2) is 23.0 Å². The van der Waals surface area contributed by atoms with Crippen LogP contribution in [0.1, 0.15) is 37.3 Å². The maximum atomic E-state index is 13.1. The van der Waals surface area contributed by atoms with Gasteiger partial charge in [0.25, 0.3) is 0 Å². The molecule has 0 radical (unpaired) electrons. The van der Waals surface area contributed by atoms with Gasteiger partial charge in [-0.2, -0.15) is 0 Å². The Balaban J connectivity index is 1.47. The van der Waals surface area contributed by atoms with Gasteiger partial charge in [-0.05, 0) is 61.6 Å². The van der Waals surface area contributed by atoms with Crippen LogP contribution in [0.5, 0.6) is 0 Å². The number of thioether (sulfide) groups is 1. The number of benzene rings is 2. The molecular formula is C23H24N2O3S. The van der Waals surface area contributed by atoms with E-state index in [-0.39, 0.29) is 30.1 Å². The molecule has 1 N–H and O–H groups in total. The Labute approximate surface area is 174 Å². The zero-order valence-electron chi connectivity index (χ0n) is 16.6. The minimum absolute atomic E-state index is 0.0718. The number of hydrogen-bond acceptors (Lipinski definition) is 4. The number of nitrogens with zero attached hydrogens (tertiary/aromatic N) is 1. The van der Waals surface area contributed by atoms with Crippen LogP contribution >= 0.6 is 11.8 Å². The van der Waals surface area contributed by atoms with Crippen LogP contribution in [0, 0.1) is 12.8 Å². The van der Waals surface area contributed by atoms with Crippen LogP contribution in [0.3, 0.4) is 0 Å². The molecular weight excluding hydrogens is 384 g/mol. The van der Waals surface area contributed by atoms with Crippen molar-refractivity contribution in [3.63, 3.8) is 0 Å². The number of aryl methyl sites for hydroxylation is 2. The fourth-order valence-corrected chi connectivity index (χ4v) is 4.68. The lowest BCUT2D eigenvalue weighted by Crippen LogP contribution is -2.32. The number of para-hydroxylation sites is 1. The minimum atomic E-state index is -0.432. The number of carbonyl (C=O) groups is 3. The van der Waals surface area contributed by atoms with Gasteiger partial charge in [0, 0.05) is 22.9 Å². The van der Waals surface area contributed by atoms with Crippen molar-refractivity contribution in [3.8, 4) is 0 Å². The van der Waals surface area contributed by atoms with Crippen LogP contribution in [0.25, 0.3) is 0 Å². The Hall–Kier alpha value is -2.60. The molecule has 1 aliphatic carbocycles. The zero-order valence-corrected chi connectivity index (χ0v) is 17.4. The summed E-state index contributed by atoms with van der Waals surface area (Å²) >= 11 is 1.40. The molecule has 1 saturated carbocycles. The van der Waals surface area contributed by atoms with Gasteiger partial charge in [0.1, 0.15) is 0 Å². The quantitative estimate of drug-likeness (QED) is 0.723. The number of anilines is 2. The zero-order chi connectivity index (χ0) is 20.5. The maximum absolute atomic E-state index is 13.1. The van der Waals surface area contributed by atoms with E-state index >= 15 is 0 Å². The Morgan fingerprint density at radius 3 is 2.52 bits per heavy atom. The van der Waals surface area contributed by atoms with Gasteiger partial charge in [-0.25, -0.2) is 4.90 Å². The molecule has 0 unspecified atom stereocenters. The summed E-state index contributed by atoms with van der Waals surface area (Å²) < 4.78 is 0.